The molecule has 27 heavy (non-hydrogen) atoms. The summed E-state index contributed by atoms with van der Waals surface area (Å²) in [4.78, 5) is 12.5. The lowest BCUT2D eigenvalue weighted by Crippen LogP contribution is -2.42. The molecule has 0 heterocycles. The van der Waals surface area contributed by atoms with E-state index in [2.05, 4.69) is 31.7 Å². The smallest absolute Gasteiger partial charge is 0.139 e. The lowest BCUT2D eigenvalue weighted by atomic mass is 9.55. The highest BCUT2D eigenvalue weighted by Crippen LogP contribution is 2.59. The molecule has 2 nitrogen and oxygen atoms in total. The van der Waals surface area contributed by atoms with E-state index in [0.29, 0.717) is 36.2 Å². The van der Waals surface area contributed by atoms with Crippen molar-refractivity contribution in [2.24, 2.45) is 17.3 Å². The standard InChI is InChI=1S/C25H32O2/c1-3-4-5-6-7-16-27-19-9-11-20-18(17-19)8-10-22-21(20)14-15-25(2)23(22)12-13-24(25)26/h3-5,9,11,17,21-23H,1,6-8,10,12-16H2,2H3/b5-4+/t21-,22-,23+,25+/m0/s1/i5D. The van der Waals surface area contributed by atoms with Crippen LogP contribution in [0.3, 0.4) is 0 Å². The van der Waals surface area contributed by atoms with Gasteiger partial charge in [0.25, 0.3) is 0 Å². The molecule has 3 aliphatic rings. The third kappa shape index (κ3) is 3.39. The Morgan fingerprint density at radius 1 is 1.33 bits per heavy atom. The van der Waals surface area contributed by atoms with Crippen molar-refractivity contribution in [1.29, 1.82) is 0 Å². The van der Waals surface area contributed by atoms with Crippen LogP contribution in [0.25, 0.3) is 0 Å². The Labute approximate surface area is 165 Å². The topological polar surface area (TPSA) is 26.3 Å². The van der Waals surface area contributed by atoms with Gasteiger partial charge in [0, 0.05) is 11.8 Å². The van der Waals surface area contributed by atoms with Crippen molar-refractivity contribution >= 4 is 5.78 Å². The van der Waals surface area contributed by atoms with Gasteiger partial charge in [-0.1, -0.05) is 37.8 Å². The maximum atomic E-state index is 12.5. The molecule has 0 bridgehead atoms. The summed E-state index contributed by atoms with van der Waals surface area (Å²) in [6.45, 7) is 6.50. The van der Waals surface area contributed by atoms with E-state index < -0.39 is 0 Å². The Morgan fingerprint density at radius 3 is 3.07 bits per heavy atom. The van der Waals surface area contributed by atoms with Crippen LogP contribution < -0.4 is 4.74 Å². The molecule has 0 unspecified atom stereocenters. The highest BCUT2D eigenvalue weighted by molar-refractivity contribution is 5.87. The average Bonchev–Trinajstić information content (AvgIpc) is 3.00. The first kappa shape index (κ1) is 17.3. The Kier molecular flexibility index (Phi) is 4.90. The van der Waals surface area contributed by atoms with E-state index in [1.807, 2.05) is 0 Å². The Hall–Kier alpha value is -1.83. The summed E-state index contributed by atoms with van der Waals surface area (Å²) in [5.41, 5.74) is 2.91. The van der Waals surface area contributed by atoms with Crippen molar-refractivity contribution in [2.45, 2.75) is 64.2 Å². The minimum absolute atomic E-state index is 0.0432. The van der Waals surface area contributed by atoms with Crippen molar-refractivity contribution in [3.8, 4) is 5.75 Å². The highest BCUT2D eigenvalue weighted by atomic mass is 16.5. The Morgan fingerprint density at radius 2 is 2.22 bits per heavy atom. The second-order valence-electron chi connectivity index (χ2n) is 8.75. The van der Waals surface area contributed by atoms with Gasteiger partial charge in [0.2, 0.25) is 0 Å². The molecule has 4 rings (SSSR count). The number of ether oxygens (including phenoxy) is 1. The number of aryl methyl sites for hydroxylation is 1. The zero-order valence-electron chi connectivity index (χ0n) is 17.5. The molecule has 0 amide bonds. The molecule has 0 N–H and O–H groups in total. The van der Waals surface area contributed by atoms with Gasteiger partial charge in [0.1, 0.15) is 11.5 Å². The molecular formula is C25H32O2. The summed E-state index contributed by atoms with van der Waals surface area (Å²) in [7, 11) is 0. The molecule has 2 fully saturated rings. The number of ketones is 1. The molecule has 4 atom stereocenters. The first-order chi connectivity index (χ1) is 13.5. The molecule has 2 heteroatoms. The van der Waals surface area contributed by atoms with Crippen molar-refractivity contribution in [2.75, 3.05) is 6.61 Å². The maximum Gasteiger partial charge on any atom is 0.139 e. The summed E-state index contributed by atoms with van der Waals surface area (Å²) in [5.74, 6) is 3.36. The van der Waals surface area contributed by atoms with Crippen LogP contribution in [0.5, 0.6) is 5.75 Å². The van der Waals surface area contributed by atoms with Crippen LogP contribution in [0.15, 0.2) is 43.0 Å². The average molecular weight is 366 g/mol. The van der Waals surface area contributed by atoms with Gasteiger partial charge in [0.05, 0.1) is 7.98 Å². The fourth-order valence-corrected chi connectivity index (χ4v) is 5.95. The van der Waals surface area contributed by atoms with Gasteiger partial charge >= 0.3 is 0 Å². The number of Topliss-reactive ketones (excluding diaryl/α,β-unsaturated/α-hetero) is 1. The van der Waals surface area contributed by atoms with Crippen molar-refractivity contribution in [1.82, 2.24) is 0 Å². The third-order valence-electron chi connectivity index (χ3n) is 7.38. The van der Waals surface area contributed by atoms with E-state index in [9.17, 15) is 4.79 Å². The summed E-state index contributed by atoms with van der Waals surface area (Å²) in [5, 5.41) is 0. The van der Waals surface area contributed by atoms with Gasteiger partial charge in [-0.25, -0.2) is 0 Å². The van der Waals surface area contributed by atoms with Crippen molar-refractivity contribution < 1.29 is 10.9 Å². The quantitative estimate of drug-likeness (QED) is 0.455. The van der Waals surface area contributed by atoms with Crippen LogP contribution in [0, 0.1) is 17.3 Å². The largest absolute Gasteiger partial charge is 0.494 e. The molecule has 0 aromatic heterocycles. The zero-order chi connectivity index (χ0) is 19.7. The normalized spacial score (nSPS) is 32.9. The number of hydrogen-bond donors (Lipinski definition) is 0. The first-order valence-corrected chi connectivity index (χ1v) is 10.6. The third-order valence-corrected chi connectivity index (χ3v) is 7.38. The van der Waals surface area contributed by atoms with Crippen LogP contribution >= 0.6 is 0 Å². The molecule has 3 aliphatic carbocycles. The van der Waals surface area contributed by atoms with E-state index in [0.717, 1.165) is 50.7 Å². The van der Waals surface area contributed by atoms with E-state index in [1.165, 1.54) is 17.5 Å². The summed E-state index contributed by atoms with van der Waals surface area (Å²) < 4.78 is 13.7. The van der Waals surface area contributed by atoms with Gasteiger partial charge in [-0.15, -0.1) is 0 Å². The van der Waals surface area contributed by atoms with Gasteiger partial charge in [-0.3, -0.25) is 4.79 Å². The summed E-state index contributed by atoms with van der Waals surface area (Å²) >= 11 is 0. The van der Waals surface area contributed by atoms with Crippen LogP contribution in [0.2, 0.25) is 0 Å². The van der Waals surface area contributed by atoms with E-state index >= 15 is 0 Å². The van der Waals surface area contributed by atoms with Gasteiger partial charge in [-0.2, -0.15) is 0 Å². The molecule has 0 radical (unpaired) electrons. The number of allylic oxidation sites excluding steroid dienone is 3. The lowest BCUT2D eigenvalue weighted by molar-refractivity contribution is -0.129. The van der Waals surface area contributed by atoms with Crippen LogP contribution in [0.1, 0.15) is 70.3 Å². The molecule has 0 aliphatic heterocycles. The predicted molar refractivity (Wildman–Crippen MR) is 110 cm³/mol. The number of carbonyl (C=O) groups is 1. The number of benzene rings is 1. The fraction of sp³-hybridized carbons (Fsp3) is 0.560. The van der Waals surface area contributed by atoms with E-state index in [4.69, 9.17) is 6.11 Å². The number of hydrogen-bond acceptors (Lipinski definition) is 2. The number of fused-ring (bicyclic) bond motifs is 5. The molecule has 0 spiro atoms. The van der Waals surface area contributed by atoms with Crippen LogP contribution in [-0.4, -0.2) is 12.4 Å². The second-order valence-corrected chi connectivity index (χ2v) is 8.75. The first-order valence-electron chi connectivity index (χ1n) is 11.1. The molecule has 144 valence electrons. The monoisotopic (exact) mass is 365 g/mol. The van der Waals surface area contributed by atoms with Crippen LogP contribution in [0.4, 0.5) is 0 Å². The van der Waals surface area contributed by atoms with Gasteiger partial charge < -0.3 is 4.74 Å². The predicted octanol–water partition coefficient (Wildman–Crippen LogP) is 6.01. The Bertz CT molecular complexity index is 796. The van der Waals surface area contributed by atoms with Crippen molar-refractivity contribution in [3.63, 3.8) is 0 Å². The summed E-state index contributed by atoms with van der Waals surface area (Å²) in [6, 6.07) is 7.25. The maximum absolute atomic E-state index is 12.5. The molecule has 2 saturated carbocycles. The molecule has 0 saturated heterocycles. The summed E-state index contributed by atoms with van der Waals surface area (Å²) in [6.07, 6.45) is 11.4. The molecule has 1 aromatic carbocycles. The SMILES string of the molecule is [2H]/C(=C\C=C)CCCOc1ccc2c(c1)CC[C@@H]1[C@H]3CCC(=O)[C@]3(C)CC[C@@H]21. The number of rotatable bonds is 6. The molecule has 1 aromatic rings. The molecular weight excluding hydrogens is 332 g/mol. The minimum Gasteiger partial charge on any atom is -0.494 e. The zero-order valence-corrected chi connectivity index (χ0v) is 16.5. The van der Waals surface area contributed by atoms with Crippen molar-refractivity contribution in [3.05, 3.63) is 54.1 Å². The lowest BCUT2D eigenvalue weighted by Gasteiger charge is -2.48. The number of carbonyl (C=O) groups excluding carboxylic acids is 1. The van der Waals surface area contributed by atoms with E-state index in [1.54, 1.807) is 12.2 Å². The highest BCUT2D eigenvalue weighted by Gasteiger charge is 2.54. The van der Waals surface area contributed by atoms with E-state index in [-0.39, 0.29) is 5.41 Å². The van der Waals surface area contributed by atoms with Gasteiger partial charge in [0.15, 0.2) is 0 Å². The fourth-order valence-electron chi connectivity index (χ4n) is 5.95. The van der Waals surface area contributed by atoms with Crippen LogP contribution in [-0.2, 0) is 11.2 Å². The van der Waals surface area contributed by atoms with Gasteiger partial charge in [-0.05, 0) is 86.0 Å². The minimum atomic E-state index is -0.0432. The second kappa shape index (κ2) is 7.66. The Balaban J connectivity index is 1.41.